The summed E-state index contributed by atoms with van der Waals surface area (Å²) in [5, 5.41) is 35.6. The van der Waals surface area contributed by atoms with E-state index in [1.54, 1.807) is 44.2 Å². The highest BCUT2D eigenvalue weighted by atomic mass is 16.3. The van der Waals surface area contributed by atoms with E-state index < -0.39 is 157 Å². The van der Waals surface area contributed by atoms with Gasteiger partial charge in [0, 0.05) is 39.1 Å². The number of carbonyl (C=O) groups excluding carboxylic acids is 12. The Labute approximate surface area is 567 Å². The van der Waals surface area contributed by atoms with E-state index in [-0.39, 0.29) is 120 Å². The molecular weight excluding hydrogens is 1270 g/mol. The molecule has 4 rings (SSSR count). The lowest BCUT2D eigenvalue weighted by Crippen LogP contribution is -2.62. The summed E-state index contributed by atoms with van der Waals surface area (Å²) in [6.45, 7) is 2.34. The molecule has 0 spiro atoms. The Morgan fingerprint density at radius 3 is 1.77 bits per heavy atom. The zero-order valence-corrected chi connectivity index (χ0v) is 55.4. The molecule has 2 aromatic rings. The number of phenols is 1. The van der Waals surface area contributed by atoms with E-state index in [0.29, 0.717) is 36.9 Å². The quantitative estimate of drug-likeness (QED) is 0.0171. The number of primary amides is 1. The Kier molecular flexibility index (Phi) is 33.9. The second kappa shape index (κ2) is 41.5. The minimum absolute atomic E-state index is 0.0123. The maximum atomic E-state index is 14.8. The number of unbranched alkanes of at least 4 members (excludes halogenated alkanes) is 1. The van der Waals surface area contributed by atoms with Crippen molar-refractivity contribution in [3.8, 4) is 5.75 Å². The van der Waals surface area contributed by atoms with Gasteiger partial charge >= 0.3 is 0 Å². The molecule has 0 aromatic heterocycles. The van der Waals surface area contributed by atoms with E-state index in [1.807, 2.05) is 0 Å². The zero-order valence-electron chi connectivity index (χ0n) is 55.4. The first-order valence-electron chi connectivity index (χ1n) is 32.6. The molecule has 0 unspecified atom stereocenters. The number of likely N-dealkylation sites (tertiary alicyclic amines) is 1. The van der Waals surface area contributed by atoms with Gasteiger partial charge in [0.25, 0.3) is 0 Å². The van der Waals surface area contributed by atoms with Crippen LogP contribution in [0.2, 0.25) is 0 Å². The molecule has 2 aliphatic heterocycles. The number of aliphatic imine (C=N–C) groups is 3. The number of nitrogens with zero attached hydrogens (tertiary/aromatic N) is 4. The van der Waals surface area contributed by atoms with Crippen LogP contribution in [0.5, 0.6) is 5.75 Å². The van der Waals surface area contributed by atoms with Crippen molar-refractivity contribution in [2.75, 3.05) is 45.8 Å². The molecule has 0 aliphatic carbocycles. The van der Waals surface area contributed by atoms with Gasteiger partial charge in [0.15, 0.2) is 17.9 Å². The predicted molar refractivity (Wildman–Crippen MR) is 362 cm³/mol. The molecule has 0 radical (unpaired) electrons. The van der Waals surface area contributed by atoms with Crippen LogP contribution >= 0.6 is 0 Å². The van der Waals surface area contributed by atoms with Gasteiger partial charge in [-0.05, 0) is 113 Å². The average molecular weight is 1370 g/mol. The Balaban J connectivity index is 1.69. The first kappa shape index (κ1) is 80.0. The Morgan fingerprint density at radius 1 is 0.622 bits per heavy atom. The van der Waals surface area contributed by atoms with Crippen LogP contribution in [0.1, 0.15) is 108 Å². The molecule has 36 nitrogen and oxygen atoms in total. The second-order valence-corrected chi connectivity index (χ2v) is 24.0. The largest absolute Gasteiger partial charge is 0.508 e. The molecule has 0 bridgehead atoms. The highest BCUT2D eigenvalue weighted by Crippen LogP contribution is 2.22. The van der Waals surface area contributed by atoms with Crippen molar-refractivity contribution in [1.29, 1.82) is 0 Å². The van der Waals surface area contributed by atoms with Crippen LogP contribution in [0, 0.1) is 5.92 Å². The summed E-state index contributed by atoms with van der Waals surface area (Å²) in [5.74, 6) is -11.9. The third-order valence-corrected chi connectivity index (χ3v) is 16.2. The van der Waals surface area contributed by atoms with Gasteiger partial charge in [-0.3, -0.25) is 72.5 Å². The summed E-state index contributed by atoms with van der Waals surface area (Å²) in [5.41, 5.74) is 52.2. The number of guanidine groups is 3. The highest BCUT2D eigenvalue weighted by molar-refractivity contribution is 6.00. The van der Waals surface area contributed by atoms with Crippen molar-refractivity contribution >= 4 is 88.8 Å². The van der Waals surface area contributed by atoms with Crippen molar-refractivity contribution in [2.45, 2.75) is 171 Å². The van der Waals surface area contributed by atoms with E-state index in [4.69, 9.17) is 51.6 Å². The first-order valence-corrected chi connectivity index (χ1v) is 32.6. The fourth-order valence-electron chi connectivity index (χ4n) is 10.6. The molecule has 540 valence electrons. The van der Waals surface area contributed by atoms with Crippen LogP contribution in [0.15, 0.2) is 69.6 Å². The molecule has 2 fully saturated rings. The summed E-state index contributed by atoms with van der Waals surface area (Å²) in [7, 11) is 0. The first-order chi connectivity index (χ1) is 46.6. The Bertz CT molecular complexity index is 3130. The van der Waals surface area contributed by atoms with Crippen LogP contribution in [-0.2, 0) is 70.4 Å². The number of amides is 12. The Morgan fingerprint density at radius 2 is 1.18 bits per heavy atom. The van der Waals surface area contributed by atoms with Crippen molar-refractivity contribution < 1.29 is 62.6 Å². The molecule has 2 aliphatic rings. The summed E-state index contributed by atoms with van der Waals surface area (Å²) >= 11 is 0. The van der Waals surface area contributed by atoms with E-state index >= 15 is 0 Å². The molecule has 98 heavy (non-hydrogen) atoms. The normalized spacial score (nSPS) is 18.8. The summed E-state index contributed by atoms with van der Waals surface area (Å²) in [6, 6.07) is 0.276. The van der Waals surface area contributed by atoms with Crippen LogP contribution < -0.4 is 105 Å². The summed E-state index contributed by atoms with van der Waals surface area (Å²) < 4.78 is 0. The molecule has 11 atom stereocenters. The van der Waals surface area contributed by atoms with E-state index in [0.717, 1.165) is 0 Å². The predicted octanol–water partition coefficient (Wildman–Crippen LogP) is -7.17. The van der Waals surface area contributed by atoms with E-state index in [2.05, 4.69) is 68.1 Å². The average Bonchev–Trinajstić information content (AvgIpc) is 1.57. The number of hydrogen-bond acceptors (Lipinski definition) is 18. The second-order valence-electron chi connectivity index (χ2n) is 24.0. The standard InChI is InChI=1S/C62H99N23O13/c1-3-34(2)49(58(97)81-42(18-11-27-74-62(70)71)59(98)85-28-12-19-46(85)57(96)78-39(50(65)89)15-7-8-24-63)84-54(93)41(17-10-26-73-61(68)69)79-53(92)40(16-9-25-72-60(66)67)80-56(95)45-32-75-47(87)31-44(82-51(90)38(64)29-36-20-22-37(86)23-21-36)52(91)76-33-48(88)77-43(55(94)83-45)30-35-13-5-4-6-14-35/h4-6,13-14,20-23,34,38-46,49,86H,3,7-12,15-19,24-33,63-64H2,1-2H3,(H2,65,89)(H,75,87)(H,76,91)(H,77,88)(H,78,96)(H,79,92)(H,80,95)(H,81,97)(H,82,90)(H,83,94)(H,84,93)(H4,66,67,72)(H4,68,69,73)(H4,70,71,74)/t34-,38-,39-,40-,41-,42-,43-,44+,45-,46-,49-/m0/s1. The van der Waals surface area contributed by atoms with Crippen molar-refractivity contribution in [3.63, 3.8) is 0 Å². The van der Waals surface area contributed by atoms with Gasteiger partial charge < -0.3 is 115 Å². The third kappa shape index (κ3) is 28.1. The van der Waals surface area contributed by atoms with Gasteiger partial charge in [-0.2, -0.15) is 0 Å². The van der Waals surface area contributed by atoms with Gasteiger partial charge in [0.1, 0.15) is 60.1 Å². The fourth-order valence-corrected chi connectivity index (χ4v) is 10.6. The third-order valence-electron chi connectivity index (χ3n) is 16.2. The van der Waals surface area contributed by atoms with Gasteiger partial charge in [0.05, 0.1) is 19.0 Å². The zero-order chi connectivity index (χ0) is 72.4. The summed E-state index contributed by atoms with van der Waals surface area (Å²) in [4.78, 5) is 182. The van der Waals surface area contributed by atoms with Crippen molar-refractivity contribution in [3.05, 3.63) is 65.7 Å². The van der Waals surface area contributed by atoms with Crippen LogP contribution in [0.3, 0.4) is 0 Å². The Hall–Kier alpha value is -10.4. The van der Waals surface area contributed by atoms with Gasteiger partial charge in [-0.15, -0.1) is 0 Å². The minimum Gasteiger partial charge on any atom is -0.508 e. The molecule has 2 aromatic carbocycles. The van der Waals surface area contributed by atoms with Crippen molar-refractivity contribution in [1.82, 2.24) is 58.1 Å². The molecule has 0 saturated carbocycles. The minimum atomic E-state index is -1.76. The topological polar surface area (TPSA) is 620 Å². The lowest BCUT2D eigenvalue weighted by atomic mass is 9.96. The van der Waals surface area contributed by atoms with Crippen LogP contribution in [0.25, 0.3) is 0 Å². The molecule has 12 amide bonds. The number of nitrogens with one attached hydrogen (secondary N) is 10. The number of hydrogen-bond donors (Lipinski definition) is 20. The lowest BCUT2D eigenvalue weighted by molar-refractivity contribution is -0.142. The number of rotatable bonds is 36. The number of phenolic OH excluding ortho intramolecular Hbond substituents is 1. The molecule has 2 heterocycles. The molecular formula is C62H99N23O13. The fraction of sp³-hybridized carbons (Fsp3) is 0.565. The number of benzene rings is 2. The SMILES string of the molecule is CC[C@H](C)[C@H](NC(=O)[C@H](CCCN=C(N)N)NC(=O)[C@H](CCCN=C(N)N)NC(=O)[C@@H]1CNC(=O)C[C@@H](NC(=O)[C@@H](N)Cc2ccc(O)cc2)C(=O)NCC(=O)N[C@@H](Cc2ccccc2)C(=O)N1)C(=O)N[C@@H](CCCN=C(N)N)C(=O)N1CCC[C@H]1C(=O)N[C@@H](CCCCN)C(N)=O. The van der Waals surface area contributed by atoms with Crippen molar-refractivity contribution in [2.24, 2.45) is 72.5 Å². The molecule has 29 N–H and O–H groups in total. The summed E-state index contributed by atoms with van der Waals surface area (Å²) in [6.07, 6.45) is 0.985. The van der Waals surface area contributed by atoms with Gasteiger partial charge in [0.2, 0.25) is 70.9 Å². The lowest BCUT2D eigenvalue weighted by Gasteiger charge is -2.32. The van der Waals surface area contributed by atoms with Crippen LogP contribution in [-0.4, -0.2) is 205 Å². The maximum Gasteiger partial charge on any atom is 0.245 e. The maximum absolute atomic E-state index is 14.8. The smallest absolute Gasteiger partial charge is 0.245 e. The monoisotopic (exact) mass is 1370 g/mol. The molecule has 36 heteroatoms. The van der Waals surface area contributed by atoms with E-state index in [9.17, 15) is 62.6 Å². The highest BCUT2D eigenvalue weighted by Gasteiger charge is 2.41. The number of nitrogens with two attached hydrogens (primary N) is 9. The van der Waals surface area contributed by atoms with Gasteiger partial charge in [-0.25, -0.2) is 0 Å². The van der Waals surface area contributed by atoms with E-state index in [1.165, 1.54) is 29.2 Å². The number of aromatic hydroxyl groups is 1. The number of carbonyl (C=O) groups is 12. The van der Waals surface area contributed by atoms with Crippen LogP contribution in [0.4, 0.5) is 0 Å². The van der Waals surface area contributed by atoms with Gasteiger partial charge in [-0.1, -0.05) is 62.7 Å². The molecule has 2 saturated heterocycles.